The number of nitrogens with two attached hydrogens (primary N) is 1. The molecule has 1 atom stereocenters. The predicted octanol–water partition coefficient (Wildman–Crippen LogP) is 2.85. The van der Waals surface area contributed by atoms with Crippen LogP contribution in [0.4, 0.5) is 0 Å². The molecular weight excluding hydrogens is 346 g/mol. The molecule has 24 heavy (non-hydrogen) atoms. The molecule has 1 aromatic heterocycles. The minimum absolute atomic E-state index is 0. The number of aromatic nitrogens is 1. The Bertz CT molecular complexity index is 646. The number of hydrogen-bond acceptors (Lipinski definition) is 5. The lowest BCUT2D eigenvalue weighted by molar-refractivity contribution is -0.118. The summed E-state index contributed by atoms with van der Waals surface area (Å²) >= 11 is 1.52. The lowest BCUT2D eigenvalue weighted by Crippen LogP contribution is -2.39. The third-order valence-corrected chi connectivity index (χ3v) is 4.78. The van der Waals surface area contributed by atoms with Crippen molar-refractivity contribution in [3.8, 4) is 11.5 Å². The molecule has 0 radical (unpaired) electrons. The summed E-state index contributed by atoms with van der Waals surface area (Å²) in [5, 5.41) is 2.89. The molecule has 0 spiro atoms. The Morgan fingerprint density at radius 1 is 1.38 bits per heavy atom. The quantitative estimate of drug-likeness (QED) is 0.749. The molecule has 5 nitrogen and oxygen atoms in total. The van der Waals surface area contributed by atoms with Gasteiger partial charge in [-0.25, -0.2) is 4.98 Å². The van der Waals surface area contributed by atoms with E-state index in [-0.39, 0.29) is 24.4 Å². The minimum atomic E-state index is 0. The van der Waals surface area contributed by atoms with Gasteiger partial charge in [-0.05, 0) is 30.9 Å². The normalized spacial score (nSPS) is 14.7. The van der Waals surface area contributed by atoms with Crippen molar-refractivity contribution in [2.75, 3.05) is 12.3 Å². The first-order valence-corrected chi connectivity index (χ1v) is 8.97. The molecule has 7 heteroatoms. The van der Waals surface area contributed by atoms with Gasteiger partial charge in [-0.3, -0.25) is 4.79 Å². The zero-order valence-corrected chi connectivity index (χ0v) is 14.9. The first kappa shape index (κ1) is 18.8. The molecule has 130 valence electrons. The highest BCUT2D eigenvalue weighted by atomic mass is 35.5. The zero-order valence-electron chi connectivity index (χ0n) is 13.3. The van der Waals surface area contributed by atoms with E-state index in [9.17, 15) is 4.79 Å². The molecule has 1 unspecified atom stereocenters. The molecule has 1 fully saturated rings. The van der Waals surface area contributed by atoms with E-state index in [0.717, 1.165) is 11.3 Å². The Hall–Kier alpha value is -1.50. The van der Waals surface area contributed by atoms with Gasteiger partial charge in [0.1, 0.15) is 6.26 Å². The van der Waals surface area contributed by atoms with Gasteiger partial charge in [0.05, 0.1) is 11.4 Å². The molecular formula is C17H22ClN3O2S. The van der Waals surface area contributed by atoms with Crippen LogP contribution in [0.1, 0.15) is 18.5 Å². The molecule has 1 aliphatic carbocycles. The Labute approximate surface area is 152 Å². The van der Waals surface area contributed by atoms with Crippen LogP contribution in [0.25, 0.3) is 11.5 Å². The molecule has 1 heterocycles. The van der Waals surface area contributed by atoms with Crippen LogP contribution in [0, 0.1) is 5.92 Å². The summed E-state index contributed by atoms with van der Waals surface area (Å²) in [4.78, 5) is 16.2. The Morgan fingerprint density at radius 3 is 2.83 bits per heavy atom. The fourth-order valence-corrected chi connectivity index (χ4v) is 3.04. The third-order valence-electron chi connectivity index (χ3n) is 3.82. The van der Waals surface area contributed by atoms with Crippen LogP contribution in [0.2, 0.25) is 0 Å². The second-order valence-electron chi connectivity index (χ2n) is 5.81. The zero-order chi connectivity index (χ0) is 16.1. The number of nitrogens with zero attached hydrogens (tertiary/aromatic N) is 1. The van der Waals surface area contributed by atoms with Crippen molar-refractivity contribution in [1.29, 1.82) is 0 Å². The summed E-state index contributed by atoms with van der Waals surface area (Å²) in [5.41, 5.74) is 7.76. The lowest BCUT2D eigenvalue weighted by atomic mass is 10.2. The van der Waals surface area contributed by atoms with E-state index in [1.165, 1.54) is 24.6 Å². The number of rotatable bonds is 8. The van der Waals surface area contributed by atoms with E-state index in [1.54, 1.807) is 6.26 Å². The summed E-state index contributed by atoms with van der Waals surface area (Å²) in [5.74, 6) is 2.30. The first-order chi connectivity index (χ1) is 11.2. The van der Waals surface area contributed by atoms with Gasteiger partial charge in [0.15, 0.2) is 0 Å². The average Bonchev–Trinajstić information content (AvgIpc) is 3.33. The van der Waals surface area contributed by atoms with Gasteiger partial charge < -0.3 is 15.5 Å². The number of nitrogens with one attached hydrogen (secondary N) is 1. The third kappa shape index (κ3) is 5.54. The van der Waals surface area contributed by atoms with Crippen LogP contribution in [-0.2, 0) is 10.5 Å². The van der Waals surface area contributed by atoms with Gasteiger partial charge in [-0.1, -0.05) is 18.2 Å². The summed E-state index contributed by atoms with van der Waals surface area (Å²) in [7, 11) is 0. The first-order valence-electron chi connectivity index (χ1n) is 7.82. The highest BCUT2D eigenvalue weighted by Crippen LogP contribution is 2.31. The van der Waals surface area contributed by atoms with Crippen molar-refractivity contribution >= 4 is 30.1 Å². The van der Waals surface area contributed by atoms with Gasteiger partial charge in [0, 0.05) is 23.9 Å². The predicted molar refractivity (Wildman–Crippen MR) is 99.1 cm³/mol. The molecule has 1 aromatic carbocycles. The van der Waals surface area contributed by atoms with Crippen molar-refractivity contribution in [2.24, 2.45) is 11.7 Å². The van der Waals surface area contributed by atoms with Gasteiger partial charge in [-0.15, -0.1) is 24.2 Å². The van der Waals surface area contributed by atoms with Crippen molar-refractivity contribution in [3.63, 3.8) is 0 Å². The lowest BCUT2D eigenvalue weighted by Gasteiger charge is -2.11. The minimum Gasteiger partial charge on any atom is -0.444 e. The van der Waals surface area contributed by atoms with Gasteiger partial charge in [0.25, 0.3) is 0 Å². The standard InChI is InChI=1S/C17H21N3O2S.ClH/c18-15(12-6-7-12)8-19-16(21)11-23-10-14-9-22-17(20-14)13-4-2-1-3-5-13;/h1-5,9,12,15H,6-8,10-11,18H2,(H,19,21);1H. The highest BCUT2D eigenvalue weighted by Gasteiger charge is 2.28. The maximum atomic E-state index is 11.8. The highest BCUT2D eigenvalue weighted by molar-refractivity contribution is 7.99. The van der Waals surface area contributed by atoms with Crippen LogP contribution < -0.4 is 11.1 Å². The molecule has 1 saturated carbocycles. The Kier molecular flexibility index (Phi) is 7.15. The molecule has 3 rings (SSSR count). The number of thioether (sulfide) groups is 1. The largest absolute Gasteiger partial charge is 0.444 e. The monoisotopic (exact) mass is 367 g/mol. The van der Waals surface area contributed by atoms with Crippen molar-refractivity contribution in [3.05, 3.63) is 42.3 Å². The second-order valence-corrected chi connectivity index (χ2v) is 6.79. The molecule has 1 aliphatic rings. The summed E-state index contributed by atoms with van der Waals surface area (Å²) in [6.07, 6.45) is 4.04. The van der Waals surface area contributed by atoms with Crippen LogP contribution in [-0.4, -0.2) is 29.2 Å². The van der Waals surface area contributed by atoms with Crippen molar-refractivity contribution in [2.45, 2.75) is 24.6 Å². The topological polar surface area (TPSA) is 81.1 Å². The van der Waals surface area contributed by atoms with Crippen molar-refractivity contribution in [1.82, 2.24) is 10.3 Å². The van der Waals surface area contributed by atoms with E-state index in [4.69, 9.17) is 10.2 Å². The van der Waals surface area contributed by atoms with Gasteiger partial charge in [0.2, 0.25) is 11.8 Å². The summed E-state index contributed by atoms with van der Waals surface area (Å²) in [6, 6.07) is 9.87. The fourth-order valence-electron chi connectivity index (χ4n) is 2.31. The van der Waals surface area contributed by atoms with Crippen LogP contribution >= 0.6 is 24.2 Å². The average molecular weight is 368 g/mol. The Balaban J connectivity index is 0.00000208. The maximum absolute atomic E-state index is 11.8. The maximum Gasteiger partial charge on any atom is 0.230 e. The van der Waals surface area contributed by atoms with E-state index < -0.39 is 0 Å². The van der Waals surface area contributed by atoms with E-state index >= 15 is 0 Å². The second kappa shape index (κ2) is 9.11. The number of oxazole rings is 1. The molecule has 0 aliphatic heterocycles. The molecule has 3 N–H and O–H groups in total. The van der Waals surface area contributed by atoms with E-state index in [1.807, 2.05) is 30.3 Å². The molecule has 1 amide bonds. The van der Waals surface area contributed by atoms with E-state index in [0.29, 0.717) is 29.9 Å². The number of carbonyl (C=O) groups excluding carboxylic acids is 1. The fraction of sp³-hybridized carbons (Fsp3) is 0.412. The number of carbonyl (C=O) groups is 1. The molecule has 0 saturated heterocycles. The van der Waals surface area contributed by atoms with Crippen LogP contribution in [0.5, 0.6) is 0 Å². The smallest absolute Gasteiger partial charge is 0.230 e. The van der Waals surface area contributed by atoms with Crippen LogP contribution in [0.15, 0.2) is 41.0 Å². The van der Waals surface area contributed by atoms with Gasteiger partial charge in [-0.2, -0.15) is 0 Å². The number of hydrogen-bond donors (Lipinski definition) is 2. The summed E-state index contributed by atoms with van der Waals surface area (Å²) in [6.45, 7) is 0.576. The molecule has 0 bridgehead atoms. The van der Waals surface area contributed by atoms with Gasteiger partial charge >= 0.3 is 0 Å². The number of amides is 1. The van der Waals surface area contributed by atoms with Crippen LogP contribution in [0.3, 0.4) is 0 Å². The Morgan fingerprint density at radius 2 is 2.12 bits per heavy atom. The number of benzene rings is 1. The number of halogens is 1. The molecule has 2 aromatic rings. The summed E-state index contributed by atoms with van der Waals surface area (Å²) < 4.78 is 5.48. The van der Waals surface area contributed by atoms with Crippen molar-refractivity contribution < 1.29 is 9.21 Å². The SMILES string of the molecule is Cl.NC(CNC(=O)CSCc1coc(-c2ccccc2)n1)C1CC1. The van der Waals surface area contributed by atoms with E-state index in [2.05, 4.69) is 10.3 Å².